The Hall–Kier alpha value is -1.31. The van der Waals surface area contributed by atoms with Gasteiger partial charge in [-0.05, 0) is 31.2 Å². The lowest BCUT2D eigenvalue weighted by molar-refractivity contribution is 0.545. The van der Waals surface area contributed by atoms with Gasteiger partial charge in [0.2, 0.25) is 0 Å². The summed E-state index contributed by atoms with van der Waals surface area (Å²) < 4.78 is 0. The number of amidine groups is 1. The summed E-state index contributed by atoms with van der Waals surface area (Å²) in [6, 6.07) is 11.6. The third kappa shape index (κ3) is 2.58. The topological polar surface area (TPSA) is 24.4 Å². The minimum absolute atomic E-state index is 0.601. The van der Waals surface area contributed by atoms with E-state index in [4.69, 9.17) is 0 Å². The van der Waals surface area contributed by atoms with Crippen molar-refractivity contribution in [3.63, 3.8) is 0 Å². The largest absolute Gasteiger partial charge is 0.370 e. The number of rotatable bonds is 2. The molecular formula is C16H22N2. The molecule has 1 fully saturated rings. The standard InChI is InChI=1S/C16H22N2/c1-2-7-13(8-3-1)14-9-6-10-15(14)18-16-11-4-5-12-17-16/h1-3,7-8,14-15H,4-6,9-12H2,(H,17,18). The van der Waals surface area contributed by atoms with Crippen LogP contribution in [0, 0.1) is 0 Å². The summed E-state index contributed by atoms with van der Waals surface area (Å²) in [6.45, 7) is 1.02. The van der Waals surface area contributed by atoms with Gasteiger partial charge < -0.3 is 5.32 Å². The van der Waals surface area contributed by atoms with Gasteiger partial charge in [-0.3, -0.25) is 4.99 Å². The van der Waals surface area contributed by atoms with Gasteiger partial charge >= 0.3 is 0 Å². The molecule has 1 N–H and O–H groups in total. The van der Waals surface area contributed by atoms with Crippen LogP contribution in [0.25, 0.3) is 0 Å². The molecule has 2 aliphatic rings. The van der Waals surface area contributed by atoms with Gasteiger partial charge in [0.15, 0.2) is 0 Å². The van der Waals surface area contributed by atoms with Crippen molar-refractivity contribution in [2.45, 2.75) is 50.5 Å². The normalized spacial score (nSPS) is 27.9. The SMILES string of the molecule is c1ccc(C2CCCC2NC2=NCCCC2)cc1. The average Bonchev–Trinajstić information content (AvgIpc) is 2.89. The highest BCUT2D eigenvalue weighted by Crippen LogP contribution is 2.34. The van der Waals surface area contributed by atoms with Crippen LogP contribution in [0.4, 0.5) is 0 Å². The van der Waals surface area contributed by atoms with Gasteiger partial charge in [-0.15, -0.1) is 0 Å². The Morgan fingerprint density at radius 1 is 1.00 bits per heavy atom. The first-order chi connectivity index (χ1) is 8.93. The smallest absolute Gasteiger partial charge is 0.0965 e. The summed E-state index contributed by atoms with van der Waals surface area (Å²) in [7, 11) is 0. The van der Waals surface area contributed by atoms with Crippen molar-refractivity contribution in [3.8, 4) is 0 Å². The number of nitrogens with one attached hydrogen (secondary N) is 1. The van der Waals surface area contributed by atoms with Crippen molar-refractivity contribution in [2.24, 2.45) is 4.99 Å². The highest BCUT2D eigenvalue weighted by atomic mass is 15.0. The van der Waals surface area contributed by atoms with E-state index >= 15 is 0 Å². The Morgan fingerprint density at radius 3 is 2.67 bits per heavy atom. The van der Waals surface area contributed by atoms with Crippen molar-refractivity contribution in [1.29, 1.82) is 0 Å². The van der Waals surface area contributed by atoms with Crippen LogP contribution in [0.5, 0.6) is 0 Å². The summed E-state index contributed by atoms with van der Waals surface area (Å²) >= 11 is 0. The number of benzene rings is 1. The van der Waals surface area contributed by atoms with E-state index in [-0.39, 0.29) is 0 Å². The minimum atomic E-state index is 0.601. The maximum atomic E-state index is 4.63. The summed E-state index contributed by atoms with van der Waals surface area (Å²) in [4.78, 5) is 4.63. The molecule has 3 rings (SSSR count). The maximum absolute atomic E-state index is 4.63. The van der Waals surface area contributed by atoms with Gasteiger partial charge in [-0.1, -0.05) is 36.8 Å². The molecule has 18 heavy (non-hydrogen) atoms. The third-order valence-corrected chi connectivity index (χ3v) is 4.22. The first-order valence-electron chi connectivity index (χ1n) is 7.28. The van der Waals surface area contributed by atoms with Crippen molar-refractivity contribution in [3.05, 3.63) is 35.9 Å². The van der Waals surface area contributed by atoms with Gasteiger partial charge in [-0.25, -0.2) is 0 Å². The average molecular weight is 242 g/mol. The minimum Gasteiger partial charge on any atom is -0.370 e. The van der Waals surface area contributed by atoms with Crippen LogP contribution < -0.4 is 5.32 Å². The fourth-order valence-corrected chi connectivity index (χ4v) is 3.26. The summed E-state index contributed by atoms with van der Waals surface area (Å²) in [5.41, 5.74) is 1.49. The highest BCUT2D eigenvalue weighted by molar-refractivity contribution is 5.83. The van der Waals surface area contributed by atoms with Crippen molar-refractivity contribution in [2.75, 3.05) is 6.54 Å². The Labute approximate surface area is 110 Å². The van der Waals surface area contributed by atoms with Gasteiger partial charge in [0.05, 0.1) is 5.84 Å². The lowest BCUT2D eigenvalue weighted by atomic mass is 9.94. The number of nitrogens with zero attached hydrogens (tertiary/aromatic N) is 1. The molecule has 0 radical (unpaired) electrons. The van der Waals surface area contributed by atoms with Crippen molar-refractivity contribution < 1.29 is 0 Å². The van der Waals surface area contributed by atoms with E-state index in [1.165, 1.54) is 43.5 Å². The number of aliphatic imine (C=N–C) groups is 1. The maximum Gasteiger partial charge on any atom is 0.0965 e. The molecule has 0 bridgehead atoms. The zero-order valence-corrected chi connectivity index (χ0v) is 10.9. The molecule has 0 saturated heterocycles. The molecule has 1 heterocycles. The molecule has 2 heteroatoms. The van der Waals surface area contributed by atoms with Crippen LogP contribution in [-0.2, 0) is 0 Å². The molecule has 0 aromatic heterocycles. The lowest BCUT2D eigenvalue weighted by Gasteiger charge is -2.24. The molecule has 0 spiro atoms. The van der Waals surface area contributed by atoms with E-state index in [9.17, 15) is 0 Å². The monoisotopic (exact) mass is 242 g/mol. The Balaban J connectivity index is 1.69. The Bertz CT molecular complexity index is 410. The third-order valence-electron chi connectivity index (χ3n) is 4.22. The van der Waals surface area contributed by atoms with Gasteiger partial charge in [0.1, 0.15) is 0 Å². The van der Waals surface area contributed by atoms with Gasteiger partial charge in [-0.2, -0.15) is 0 Å². The predicted molar refractivity (Wildman–Crippen MR) is 76.1 cm³/mol. The quantitative estimate of drug-likeness (QED) is 0.843. The van der Waals surface area contributed by atoms with Gasteiger partial charge in [0, 0.05) is 24.9 Å². The van der Waals surface area contributed by atoms with Crippen LogP contribution in [0.1, 0.15) is 50.0 Å². The second kappa shape index (κ2) is 5.55. The molecule has 1 aliphatic carbocycles. The van der Waals surface area contributed by atoms with E-state index in [1.54, 1.807) is 0 Å². The van der Waals surface area contributed by atoms with E-state index in [0.29, 0.717) is 12.0 Å². The number of hydrogen-bond donors (Lipinski definition) is 1. The fraction of sp³-hybridized carbons (Fsp3) is 0.562. The highest BCUT2D eigenvalue weighted by Gasteiger charge is 2.29. The second-order valence-electron chi connectivity index (χ2n) is 5.48. The molecule has 2 atom stereocenters. The Morgan fingerprint density at radius 2 is 1.89 bits per heavy atom. The number of hydrogen-bond acceptors (Lipinski definition) is 2. The van der Waals surface area contributed by atoms with Crippen LogP contribution in [0.2, 0.25) is 0 Å². The summed E-state index contributed by atoms with van der Waals surface area (Å²) in [5, 5.41) is 3.72. The van der Waals surface area contributed by atoms with E-state index in [2.05, 4.69) is 40.6 Å². The molecule has 0 amide bonds. The lowest BCUT2D eigenvalue weighted by Crippen LogP contribution is -2.37. The summed E-state index contributed by atoms with van der Waals surface area (Å²) in [6.07, 6.45) is 7.66. The molecule has 1 aromatic carbocycles. The first-order valence-corrected chi connectivity index (χ1v) is 7.28. The fourth-order valence-electron chi connectivity index (χ4n) is 3.26. The Kier molecular flexibility index (Phi) is 3.63. The second-order valence-corrected chi connectivity index (χ2v) is 5.48. The van der Waals surface area contributed by atoms with E-state index < -0.39 is 0 Å². The molecular weight excluding hydrogens is 220 g/mol. The molecule has 96 valence electrons. The van der Waals surface area contributed by atoms with Gasteiger partial charge in [0.25, 0.3) is 0 Å². The molecule has 1 aromatic rings. The predicted octanol–water partition coefficient (Wildman–Crippen LogP) is 3.49. The van der Waals surface area contributed by atoms with Crippen molar-refractivity contribution in [1.82, 2.24) is 5.32 Å². The van der Waals surface area contributed by atoms with Crippen LogP contribution in [-0.4, -0.2) is 18.4 Å². The first kappa shape index (κ1) is 11.8. The van der Waals surface area contributed by atoms with Crippen LogP contribution >= 0.6 is 0 Å². The van der Waals surface area contributed by atoms with Crippen LogP contribution in [0.15, 0.2) is 35.3 Å². The molecule has 1 saturated carbocycles. The van der Waals surface area contributed by atoms with E-state index in [0.717, 1.165) is 13.0 Å². The van der Waals surface area contributed by atoms with E-state index in [1.807, 2.05) is 0 Å². The summed E-state index contributed by atoms with van der Waals surface area (Å²) in [5.74, 6) is 1.94. The van der Waals surface area contributed by atoms with Crippen LogP contribution in [0.3, 0.4) is 0 Å². The zero-order valence-electron chi connectivity index (χ0n) is 10.9. The molecule has 1 aliphatic heterocycles. The van der Waals surface area contributed by atoms with Crippen molar-refractivity contribution >= 4 is 5.84 Å². The zero-order chi connectivity index (χ0) is 12.2. The molecule has 2 unspecified atom stereocenters. The molecule has 2 nitrogen and oxygen atoms in total.